The number of hydrogen-bond acceptors (Lipinski definition) is 3. The number of rotatable bonds is 5. The van der Waals surface area contributed by atoms with Crippen molar-refractivity contribution in [1.29, 1.82) is 0 Å². The van der Waals surface area contributed by atoms with Crippen LogP contribution in [0.4, 0.5) is 0 Å². The Balaban J connectivity index is 1.73. The summed E-state index contributed by atoms with van der Waals surface area (Å²) < 4.78 is 0. The second-order valence-electron chi connectivity index (χ2n) is 7.72. The number of aliphatic hydroxyl groups excluding tert-OH is 1. The van der Waals surface area contributed by atoms with Crippen molar-refractivity contribution in [2.45, 2.75) is 45.4 Å². The summed E-state index contributed by atoms with van der Waals surface area (Å²) in [6.45, 7) is 8.30. The van der Waals surface area contributed by atoms with Gasteiger partial charge in [0, 0.05) is 32.6 Å². The number of piperazine rings is 1. The number of benzene rings is 1. The Kier molecular flexibility index (Phi) is 6.59. The lowest BCUT2D eigenvalue weighted by Crippen LogP contribution is -2.51. The van der Waals surface area contributed by atoms with Crippen LogP contribution in [0, 0.1) is 0 Å². The SMILES string of the molecule is CC(C)(C)c1ccc(CCCC(=O)N2CCN(C(=O)CO)CC2)cc1. The van der Waals surface area contributed by atoms with Crippen molar-refractivity contribution >= 4 is 11.8 Å². The van der Waals surface area contributed by atoms with Gasteiger partial charge in [-0.2, -0.15) is 0 Å². The fourth-order valence-corrected chi connectivity index (χ4v) is 3.08. The first kappa shape index (κ1) is 19.4. The molecule has 2 rings (SSSR count). The van der Waals surface area contributed by atoms with E-state index in [2.05, 4.69) is 45.0 Å². The van der Waals surface area contributed by atoms with Crippen molar-refractivity contribution < 1.29 is 14.7 Å². The largest absolute Gasteiger partial charge is 0.387 e. The minimum Gasteiger partial charge on any atom is -0.387 e. The van der Waals surface area contributed by atoms with Crippen LogP contribution in [0.3, 0.4) is 0 Å². The number of amides is 2. The molecule has 5 nitrogen and oxygen atoms in total. The molecular formula is C20H30N2O3. The van der Waals surface area contributed by atoms with E-state index < -0.39 is 6.61 Å². The highest BCUT2D eigenvalue weighted by atomic mass is 16.3. The molecule has 1 fully saturated rings. The average Bonchev–Trinajstić information content (AvgIpc) is 2.60. The number of carbonyl (C=O) groups is 2. The van der Waals surface area contributed by atoms with Crippen LogP contribution >= 0.6 is 0 Å². The van der Waals surface area contributed by atoms with Crippen LogP contribution < -0.4 is 0 Å². The first-order chi connectivity index (χ1) is 11.8. The molecule has 0 spiro atoms. The van der Waals surface area contributed by atoms with Crippen LogP contribution in [0.5, 0.6) is 0 Å². The van der Waals surface area contributed by atoms with Gasteiger partial charge < -0.3 is 14.9 Å². The molecule has 1 aromatic carbocycles. The predicted octanol–water partition coefficient (Wildman–Crippen LogP) is 1.97. The molecule has 1 saturated heterocycles. The minimum atomic E-state index is -0.456. The molecule has 0 bridgehead atoms. The number of aryl methyl sites for hydroxylation is 1. The Morgan fingerprint density at radius 3 is 1.96 bits per heavy atom. The fourth-order valence-electron chi connectivity index (χ4n) is 3.08. The first-order valence-electron chi connectivity index (χ1n) is 9.07. The summed E-state index contributed by atoms with van der Waals surface area (Å²) in [7, 11) is 0. The van der Waals surface area contributed by atoms with Crippen LogP contribution in [-0.2, 0) is 21.4 Å². The Morgan fingerprint density at radius 2 is 1.48 bits per heavy atom. The van der Waals surface area contributed by atoms with Crippen molar-refractivity contribution in [2.24, 2.45) is 0 Å². The number of nitrogens with zero attached hydrogens (tertiary/aromatic N) is 2. The van der Waals surface area contributed by atoms with Gasteiger partial charge in [-0.05, 0) is 29.4 Å². The molecule has 0 aromatic heterocycles. The maximum Gasteiger partial charge on any atom is 0.248 e. The molecule has 138 valence electrons. The molecule has 1 heterocycles. The topological polar surface area (TPSA) is 60.9 Å². The van der Waals surface area contributed by atoms with Crippen LogP contribution in [-0.4, -0.2) is 59.5 Å². The summed E-state index contributed by atoms with van der Waals surface area (Å²) in [5, 5.41) is 8.88. The Labute approximate surface area is 150 Å². The molecule has 0 aliphatic carbocycles. The van der Waals surface area contributed by atoms with E-state index in [1.807, 2.05) is 4.90 Å². The van der Waals surface area contributed by atoms with E-state index in [1.54, 1.807) is 4.90 Å². The van der Waals surface area contributed by atoms with Gasteiger partial charge in [0.25, 0.3) is 0 Å². The lowest BCUT2D eigenvalue weighted by atomic mass is 9.86. The van der Waals surface area contributed by atoms with Crippen molar-refractivity contribution in [3.8, 4) is 0 Å². The summed E-state index contributed by atoms with van der Waals surface area (Å²) >= 11 is 0. The molecule has 0 atom stereocenters. The van der Waals surface area contributed by atoms with Crippen LogP contribution in [0.25, 0.3) is 0 Å². The molecule has 25 heavy (non-hydrogen) atoms. The Bertz CT molecular complexity index is 582. The highest BCUT2D eigenvalue weighted by Crippen LogP contribution is 2.22. The maximum absolute atomic E-state index is 12.3. The van der Waals surface area contributed by atoms with Crippen LogP contribution in [0.1, 0.15) is 44.7 Å². The monoisotopic (exact) mass is 346 g/mol. The molecule has 1 N–H and O–H groups in total. The summed E-state index contributed by atoms with van der Waals surface area (Å²) in [4.78, 5) is 27.2. The van der Waals surface area contributed by atoms with Crippen molar-refractivity contribution in [2.75, 3.05) is 32.8 Å². The van der Waals surface area contributed by atoms with E-state index in [4.69, 9.17) is 5.11 Å². The highest BCUT2D eigenvalue weighted by Gasteiger charge is 2.23. The molecule has 1 aliphatic rings. The molecule has 5 heteroatoms. The summed E-state index contributed by atoms with van der Waals surface area (Å²) in [6, 6.07) is 8.66. The van der Waals surface area contributed by atoms with Crippen molar-refractivity contribution in [3.05, 3.63) is 35.4 Å². The molecule has 0 saturated carbocycles. The van der Waals surface area contributed by atoms with E-state index in [9.17, 15) is 9.59 Å². The Morgan fingerprint density at radius 1 is 0.960 bits per heavy atom. The van der Waals surface area contributed by atoms with Crippen LogP contribution in [0.15, 0.2) is 24.3 Å². The average molecular weight is 346 g/mol. The van der Waals surface area contributed by atoms with Gasteiger partial charge in [0.05, 0.1) is 0 Å². The van der Waals surface area contributed by atoms with Gasteiger partial charge >= 0.3 is 0 Å². The fraction of sp³-hybridized carbons (Fsp3) is 0.600. The second kappa shape index (κ2) is 8.48. The number of hydrogen-bond donors (Lipinski definition) is 1. The van der Waals surface area contributed by atoms with Gasteiger partial charge in [0.2, 0.25) is 11.8 Å². The number of aliphatic hydroxyl groups is 1. The zero-order valence-corrected chi connectivity index (χ0v) is 15.6. The lowest BCUT2D eigenvalue weighted by molar-refractivity contribution is -0.141. The summed E-state index contributed by atoms with van der Waals surface area (Å²) in [5.74, 6) is -0.104. The Hall–Kier alpha value is -1.88. The third-order valence-electron chi connectivity index (χ3n) is 4.80. The molecule has 2 amide bonds. The van der Waals surface area contributed by atoms with E-state index in [-0.39, 0.29) is 17.2 Å². The van der Waals surface area contributed by atoms with Crippen LogP contribution in [0.2, 0.25) is 0 Å². The molecule has 1 aromatic rings. The normalized spacial score (nSPS) is 15.4. The van der Waals surface area contributed by atoms with E-state index in [0.29, 0.717) is 32.6 Å². The van der Waals surface area contributed by atoms with Gasteiger partial charge in [-0.25, -0.2) is 0 Å². The quantitative estimate of drug-likeness (QED) is 0.887. The zero-order valence-electron chi connectivity index (χ0n) is 15.6. The van der Waals surface area contributed by atoms with E-state index in [0.717, 1.165) is 12.8 Å². The molecule has 0 radical (unpaired) electrons. The van der Waals surface area contributed by atoms with Gasteiger partial charge in [-0.3, -0.25) is 9.59 Å². The third kappa shape index (κ3) is 5.56. The standard InChI is InChI=1S/C20H30N2O3/c1-20(2,3)17-9-7-16(8-10-17)5-4-6-18(24)21-11-13-22(14-12-21)19(25)15-23/h7-10,23H,4-6,11-15H2,1-3H3. The molecule has 0 unspecified atom stereocenters. The van der Waals surface area contributed by atoms with Gasteiger partial charge in [-0.15, -0.1) is 0 Å². The lowest BCUT2D eigenvalue weighted by Gasteiger charge is -2.34. The predicted molar refractivity (Wildman–Crippen MR) is 98.3 cm³/mol. The van der Waals surface area contributed by atoms with Crippen molar-refractivity contribution in [3.63, 3.8) is 0 Å². The van der Waals surface area contributed by atoms with E-state index in [1.165, 1.54) is 11.1 Å². The van der Waals surface area contributed by atoms with Gasteiger partial charge in [-0.1, -0.05) is 45.0 Å². The highest BCUT2D eigenvalue weighted by molar-refractivity contribution is 5.79. The second-order valence-corrected chi connectivity index (χ2v) is 7.72. The minimum absolute atomic E-state index is 0.155. The third-order valence-corrected chi connectivity index (χ3v) is 4.80. The van der Waals surface area contributed by atoms with Crippen molar-refractivity contribution in [1.82, 2.24) is 9.80 Å². The summed E-state index contributed by atoms with van der Waals surface area (Å²) in [5.41, 5.74) is 2.75. The van der Waals surface area contributed by atoms with Gasteiger partial charge in [0.15, 0.2) is 0 Å². The zero-order chi connectivity index (χ0) is 18.4. The molecular weight excluding hydrogens is 316 g/mol. The first-order valence-corrected chi connectivity index (χ1v) is 9.07. The van der Waals surface area contributed by atoms with E-state index >= 15 is 0 Å². The summed E-state index contributed by atoms with van der Waals surface area (Å²) in [6.07, 6.45) is 2.28. The van der Waals surface area contributed by atoms with Gasteiger partial charge in [0.1, 0.15) is 6.61 Å². The maximum atomic E-state index is 12.3. The number of carbonyl (C=O) groups excluding carboxylic acids is 2. The molecule has 1 aliphatic heterocycles. The smallest absolute Gasteiger partial charge is 0.248 e.